The summed E-state index contributed by atoms with van der Waals surface area (Å²) < 4.78 is 0. The van der Waals surface area contributed by atoms with Gasteiger partial charge in [0.05, 0.1) is 0 Å². The number of rotatable bonds is 1. The molecule has 0 N–H and O–H groups in total. The average molecular weight is 174 g/mol. The zero-order valence-corrected chi connectivity index (χ0v) is 8.39. The molecule has 0 saturated carbocycles. The van der Waals surface area contributed by atoms with Crippen LogP contribution in [0.4, 0.5) is 0 Å². The highest BCUT2D eigenvalue weighted by Crippen LogP contribution is 2.42. The van der Waals surface area contributed by atoms with Gasteiger partial charge in [-0.2, -0.15) is 0 Å². The maximum Gasteiger partial charge on any atom is 0.0161 e. The smallest absolute Gasteiger partial charge is 0.0161 e. The fourth-order valence-corrected chi connectivity index (χ4v) is 3.48. The Labute approximate surface area is 71.2 Å². The molecule has 0 nitrogen and oxygen atoms in total. The van der Waals surface area contributed by atoms with Crippen LogP contribution in [-0.2, 0) is 0 Å². The van der Waals surface area contributed by atoms with Crippen molar-refractivity contribution in [2.45, 2.75) is 32.4 Å². The molecule has 1 atom stereocenters. The standard InChI is InChI=1S/C8H14S2/c1-6(2)8-5-4-7(3)9-10-8/h5-7H,4H2,1-3H3. The van der Waals surface area contributed by atoms with Crippen LogP contribution < -0.4 is 0 Å². The normalized spacial score (nSPS) is 26.8. The van der Waals surface area contributed by atoms with Gasteiger partial charge in [0, 0.05) is 5.25 Å². The molecule has 0 aliphatic carbocycles. The highest BCUT2D eigenvalue weighted by atomic mass is 33.1. The molecule has 1 heterocycles. The van der Waals surface area contributed by atoms with E-state index in [1.807, 2.05) is 21.6 Å². The van der Waals surface area contributed by atoms with Crippen molar-refractivity contribution in [2.24, 2.45) is 5.92 Å². The van der Waals surface area contributed by atoms with E-state index in [1.54, 1.807) is 4.91 Å². The Hall–Kier alpha value is 0.440. The summed E-state index contributed by atoms with van der Waals surface area (Å²) in [5.41, 5.74) is 0. The first kappa shape index (κ1) is 8.54. The second-order valence-electron chi connectivity index (χ2n) is 2.99. The lowest BCUT2D eigenvalue weighted by Crippen LogP contribution is -1.99. The van der Waals surface area contributed by atoms with E-state index in [2.05, 4.69) is 26.8 Å². The molecule has 0 radical (unpaired) electrons. The van der Waals surface area contributed by atoms with Crippen LogP contribution in [0.25, 0.3) is 0 Å². The fourth-order valence-electron chi connectivity index (χ4n) is 0.825. The molecule has 10 heavy (non-hydrogen) atoms. The van der Waals surface area contributed by atoms with Gasteiger partial charge in [0.25, 0.3) is 0 Å². The molecule has 0 saturated heterocycles. The van der Waals surface area contributed by atoms with E-state index in [4.69, 9.17) is 0 Å². The van der Waals surface area contributed by atoms with Gasteiger partial charge in [0.1, 0.15) is 0 Å². The first-order valence-corrected chi connectivity index (χ1v) is 5.95. The molecule has 0 aromatic rings. The maximum atomic E-state index is 2.39. The van der Waals surface area contributed by atoms with Crippen molar-refractivity contribution in [3.8, 4) is 0 Å². The molecule has 0 aromatic heterocycles. The second-order valence-corrected chi connectivity index (χ2v) is 5.70. The van der Waals surface area contributed by atoms with Crippen LogP contribution in [-0.4, -0.2) is 5.25 Å². The minimum Gasteiger partial charge on any atom is -0.0858 e. The largest absolute Gasteiger partial charge is 0.0858 e. The molecule has 58 valence electrons. The molecule has 0 amide bonds. The van der Waals surface area contributed by atoms with Gasteiger partial charge < -0.3 is 0 Å². The van der Waals surface area contributed by atoms with Gasteiger partial charge in [-0.25, -0.2) is 0 Å². The van der Waals surface area contributed by atoms with Gasteiger partial charge in [0.2, 0.25) is 0 Å². The molecule has 1 aliphatic heterocycles. The van der Waals surface area contributed by atoms with Crippen molar-refractivity contribution in [1.29, 1.82) is 0 Å². The van der Waals surface area contributed by atoms with E-state index in [9.17, 15) is 0 Å². The molecular formula is C8H14S2. The summed E-state index contributed by atoms with van der Waals surface area (Å²) in [4.78, 5) is 1.56. The van der Waals surface area contributed by atoms with Crippen LogP contribution in [0.15, 0.2) is 11.0 Å². The van der Waals surface area contributed by atoms with Gasteiger partial charge >= 0.3 is 0 Å². The van der Waals surface area contributed by atoms with Crippen LogP contribution >= 0.6 is 21.6 Å². The monoisotopic (exact) mass is 174 g/mol. The van der Waals surface area contributed by atoms with E-state index in [0.717, 1.165) is 11.2 Å². The summed E-state index contributed by atoms with van der Waals surface area (Å²) in [5.74, 6) is 0.727. The lowest BCUT2D eigenvalue weighted by molar-refractivity contribution is 0.805. The number of hydrogen-bond donors (Lipinski definition) is 0. The van der Waals surface area contributed by atoms with Gasteiger partial charge in [-0.3, -0.25) is 0 Å². The minimum atomic E-state index is 0.727. The van der Waals surface area contributed by atoms with E-state index in [0.29, 0.717) is 0 Å². The molecule has 0 aromatic carbocycles. The predicted octanol–water partition coefficient (Wildman–Crippen LogP) is 3.70. The summed E-state index contributed by atoms with van der Waals surface area (Å²) in [6, 6.07) is 0. The fraction of sp³-hybridized carbons (Fsp3) is 0.750. The third kappa shape index (κ3) is 2.24. The van der Waals surface area contributed by atoms with Crippen LogP contribution in [0.2, 0.25) is 0 Å². The second kappa shape index (κ2) is 3.72. The molecular weight excluding hydrogens is 160 g/mol. The maximum absolute atomic E-state index is 2.39. The quantitative estimate of drug-likeness (QED) is 0.556. The van der Waals surface area contributed by atoms with Crippen molar-refractivity contribution in [2.75, 3.05) is 0 Å². The van der Waals surface area contributed by atoms with Gasteiger partial charge in [-0.1, -0.05) is 48.4 Å². The van der Waals surface area contributed by atoms with Crippen molar-refractivity contribution in [3.63, 3.8) is 0 Å². The van der Waals surface area contributed by atoms with Crippen molar-refractivity contribution < 1.29 is 0 Å². The van der Waals surface area contributed by atoms with Crippen LogP contribution in [0.3, 0.4) is 0 Å². The Kier molecular flexibility index (Phi) is 3.18. The highest BCUT2D eigenvalue weighted by molar-refractivity contribution is 8.78. The Morgan fingerprint density at radius 2 is 2.30 bits per heavy atom. The zero-order chi connectivity index (χ0) is 7.56. The zero-order valence-electron chi connectivity index (χ0n) is 6.76. The first-order valence-electron chi connectivity index (χ1n) is 3.73. The average Bonchev–Trinajstić information content (AvgIpc) is 1.88. The summed E-state index contributed by atoms with van der Waals surface area (Å²) in [6.07, 6.45) is 3.64. The molecule has 1 rings (SSSR count). The van der Waals surface area contributed by atoms with E-state index >= 15 is 0 Å². The number of hydrogen-bond acceptors (Lipinski definition) is 2. The van der Waals surface area contributed by atoms with E-state index < -0.39 is 0 Å². The van der Waals surface area contributed by atoms with Crippen molar-refractivity contribution in [1.82, 2.24) is 0 Å². The van der Waals surface area contributed by atoms with Crippen molar-refractivity contribution in [3.05, 3.63) is 11.0 Å². The Morgan fingerprint density at radius 1 is 1.60 bits per heavy atom. The topological polar surface area (TPSA) is 0 Å². The SMILES string of the molecule is CC1CC=C(C(C)C)SS1. The predicted molar refractivity (Wildman–Crippen MR) is 52.2 cm³/mol. The Morgan fingerprint density at radius 3 is 2.70 bits per heavy atom. The molecule has 0 bridgehead atoms. The van der Waals surface area contributed by atoms with Gasteiger partial charge in [-0.05, 0) is 17.2 Å². The summed E-state index contributed by atoms with van der Waals surface area (Å²) in [6.45, 7) is 6.80. The molecule has 1 unspecified atom stereocenters. The van der Waals surface area contributed by atoms with Crippen LogP contribution in [0, 0.1) is 5.92 Å². The molecule has 1 aliphatic rings. The minimum absolute atomic E-state index is 0.727. The van der Waals surface area contributed by atoms with E-state index in [-0.39, 0.29) is 0 Å². The van der Waals surface area contributed by atoms with Crippen LogP contribution in [0.1, 0.15) is 27.2 Å². The molecule has 0 fully saturated rings. The summed E-state index contributed by atoms with van der Waals surface area (Å²) in [7, 11) is 3.96. The first-order chi connectivity index (χ1) is 4.70. The third-order valence-electron chi connectivity index (χ3n) is 1.53. The lowest BCUT2D eigenvalue weighted by Gasteiger charge is -2.18. The third-order valence-corrected chi connectivity index (χ3v) is 4.83. The summed E-state index contributed by atoms with van der Waals surface area (Å²) in [5, 5.41) is 0.812. The van der Waals surface area contributed by atoms with Crippen LogP contribution in [0.5, 0.6) is 0 Å². The lowest BCUT2D eigenvalue weighted by atomic mass is 10.2. The molecule has 0 spiro atoms. The molecule has 2 heteroatoms. The van der Waals surface area contributed by atoms with Gasteiger partial charge in [0.15, 0.2) is 0 Å². The van der Waals surface area contributed by atoms with E-state index in [1.165, 1.54) is 6.42 Å². The van der Waals surface area contributed by atoms with Crippen molar-refractivity contribution >= 4 is 21.6 Å². The Balaban J connectivity index is 2.48. The summed E-state index contributed by atoms with van der Waals surface area (Å²) >= 11 is 0. The Bertz CT molecular complexity index is 138. The number of allylic oxidation sites excluding steroid dienone is 2. The van der Waals surface area contributed by atoms with Gasteiger partial charge in [-0.15, -0.1) is 0 Å². The highest BCUT2D eigenvalue weighted by Gasteiger charge is 2.12.